The fourth-order valence-electron chi connectivity index (χ4n) is 2.61. The maximum atomic E-state index is 2.69. The highest BCUT2D eigenvalue weighted by atomic mass is 15.2. The molecule has 1 aliphatic heterocycles. The molecule has 84 valence electrons. The van der Waals surface area contributed by atoms with E-state index in [4.69, 9.17) is 0 Å². The van der Waals surface area contributed by atoms with Gasteiger partial charge in [-0.1, -0.05) is 46.0 Å². The van der Waals surface area contributed by atoms with Gasteiger partial charge >= 0.3 is 0 Å². The summed E-state index contributed by atoms with van der Waals surface area (Å²) in [7, 11) is 0. The normalized spacial score (nSPS) is 24.0. The van der Waals surface area contributed by atoms with Gasteiger partial charge < -0.3 is 4.90 Å². The Morgan fingerprint density at radius 3 is 2.64 bits per heavy atom. The molecule has 1 saturated heterocycles. The molecule has 1 atom stereocenters. The van der Waals surface area contributed by atoms with E-state index in [9.17, 15) is 0 Å². The zero-order valence-electron chi connectivity index (χ0n) is 10.1. The topological polar surface area (TPSA) is 3.24 Å². The third-order valence-corrected chi connectivity index (χ3v) is 3.55. The van der Waals surface area contributed by atoms with E-state index in [1.54, 1.807) is 0 Å². The molecular formula is C13H27N. The highest BCUT2D eigenvalue weighted by Gasteiger charge is 2.19. The third-order valence-electron chi connectivity index (χ3n) is 3.55. The van der Waals surface area contributed by atoms with Crippen LogP contribution in [0.3, 0.4) is 0 Å². The van der Waals surface area contributed by atoms with Crippen LogP contribution in [-0.4, -0.2) is 24.0 Å². The van der Waals surface area contributed by atoms with E-state index in [-0.39, 0.29) is 0 Å². The van der Waals surface area contributed by atoms with Crippen LogP contribution in [0.2, 0.25) is 0 Å². The van der Waals surface area contributed by atoms with Crippen LogP contribution in [0.4, 0.5) is 0 Å². The summed E-state index contributed by atoms with van der Waals surface area (Å²) in [5.74, 6) is 0. The van der Waals surface area contributed by atoms with Crippen molar-refractivity contribution in [2.45, 2.75) is 71.3 Å². The monoisotopic (exact) mass is 197 g/mol. The molecule has 0 aromatic carbocycles. The minimum Gasteiger partial charge on any atom is -0.301 e. The third kappa shape index (κ3) is 4.00. The maximum Gasteiger partial charge on any atom is 0.00951 e. The van der Waals surface area contributed by atoms with Gasteiger partial charge in [0.15, 0.2) is 0 Å². The molecule has 0 aromatic heterocycles. The average Bonchev–Trinajstić information content (AvgIpc) is 2.25. The lowest BCUT2D eigenvalue weighted by atomic mass is 9.97. The van der Waals surface area contributed by atoms with Crippen LogP contribution >= 0.6 is 0 Å². The van der Waals surface area contributed by atoms with E-state index in [0.29, 0.717) is 0 Å². The van der Waals surface area contributed by atoms with Crippen molar-refractivity contribution in [3.05, 3.63) is 0 Å². The summed E-state index contributed by atoms with van der Waals surface area (Å²) in [6.07, 6.45) is 11.5. The van der Waals surface area contributed by atoms with E-state index in [1.165, 1.54) is 64.5 Å². The predicted octanol–water partition coefficient (Wildman–Crippen LogP) is 3.83. The Balaban J connectivity index is 2.13. The lowest BCUT2D eigenvalue weighted by Crippen LogP contribution is -2.39. The van der Waals surface area contributed by atoms with Crippen molar-refractivity contribution in [2.24, 2.45) is 0 Å². The second kappa shape index (κ2) is 7.28. The first-order chi connectivity index (χ1) is 6.88. The Morgan fingerprint density at radius 2 is 1.93 bits per heavy atom. The number of unbranched alkanes of at least 4 members (excludes halogenated alkanes) is 3. The molecule has 0 aromatic rings. The summed E-state index contributed by atoms with van der Waals surface area (Å²) in [4.78, 5) is 2.69. The first-order valence-electron chi connectivity index (χ1n) is 6.62. The summed E-state index contributed by atoms with van der Waals surface area (Å²) in [6, 6.07) is 0.922. The molecule has 1 fully saturated rings. The molecule has 1 heterocycles. The number of hydrogen-bond donors (Lipinski definition) is 0. The van der Waals surface area contributed by atoms with E-state index >= 15 is 0 Å². The maximum absolute atomic E-state index is 2.69. The van der Waals surface area contributed by atoms with Crippen molar-refractivity contribution in [1.82, 2.24) is 4.90 Å². The largest absolute Gasteiger partial charge is 0.301 e. The van der Waals surface area contributed by atoms with E-state index in [1.807, 2.05) is 0 Å². The molecule has 14 heavy (non-hydrogen) atoms. The Bertz CT molecular complexity index is 133. The van der Waals surface area contributed by atoms with E-state index in [2.05, 4.69) is 18.7 Å². The minimum absolute atomic E-state index is 0.922. The zero-order valence-corrected chi connectivity index (χ0v) is 10.1. The van der Waals surface area contributed by atoms with Gasteiger partial charge in [0.2, 0.25) is 0 Å². The summed E-state index contributed by atoms with van der Waals surface area (Å²) < 4.78 is 0. The van der Waals surface area contributed by atoms with Crippen molar-refractivity contribution in [3.8, 4) is 0 Å². The van der Waals surface area contributed by atoms with Crippen molar-refractivity contribution < 1.29 is 0 Å². The quantitative estimate of drug-likeness (QED) is 0.585. The van der Waals surface area contributed by atoms with Crippen molar-refractivity contribution in [2.75, 3.05) is 13.1 Å². The Labute approximate surface area is 89.9 Å². The van der Waals surface area contributed by atoms with Crippen molar-refractivity contribution in [1.29, 1.82) is 0 Å². The highest BCUT2D eigenvalue weighted by Crippen LogP contribution is 2.21. The Kier molecular flexibility index (Phi) is 6.25. The van der Waals surface area contributed by atoms with Crippen molar-refractivity contribution >= 4 is 0 Å². The van der Waals surface area contributed by atoms with Gasteiger partial charge in [0.1, 0.15) is 0 Å². The van der Waals surface area contributed by atoms with Gasteiger partial charge in [-0.3, -0.25) is 0 Å². The number of likely N-dealkylation sites (tertiary alicyclic amines) is 1. The second-order valence-corrected chi connectivity index (χ2v) is 4.63. The molecule has 0 radical (unpaired) electrons. The van der Waals surface area contributed by atoms with E-state index < -0.39 is 0 Å². The number of nitrogens with zero attached hydrogens (tertiary/aromatic N) is 1. The molecule has 0 saturated carbocycles. The van der Waals surface area contributed by atoms with Crippen LogP contribution in [0.5, 0.6) is 0 Å². The lowest BCUT2D eigenvalue weighted by molar-refractivity contribution is 0.145. The predicted molar refractivity (Wildman–Crippen MR) is 63.6 cm³/mol. The fourth-order valence-corrected chi connectivity index (χ4v) is 2.61. The first kappa shape index (κ1) is 12.0. The molecule has 0 N–H and O–H groups in total. The molecule has 1 heteroatoms. The summed E-state index contributed by atoms with van der Waals surface area (Å²) in [5.41, 5.74) is 0. The molecule has 1 nitrogen and oxygen atoms in total. The molecule has 0 spiro atoms. The Morgan fingerprint density at radius 1 is 1.07 bits per heavy atom. The standard InChI is InChI=1S/C13H27N/c1-3-5-6-7-10-13-11-8-9-12-14(13)4-2/h13H,3-12H2,1-2H3. The second-order valence-electron chi connectivity index (χ2n) is 4.63. The van der Waals surface area contributed by atoms with Crippen molar-refractivity contribution in [3.63, 3.8) is 0 Å². The molecule has 1 aliphatic rings. The SMILES string of the molecule is CCCCCCC1CCCCN1CC. The summed E-state index contributed by atoms with van der Waals surface area (Å²) >= 11 is 0. The first-order valence-corrected chi connectivity index (χ1v) is 6.62. The van der Waals surface area contributed by atoms with Crippen LogP contribution in [0, 0.1) is 0 Å². The van der Waals surface area contributed by atoms with Gasteiger partial charge in [-0.15, -0.1) is 0 Å². The van der Waals surface area contributed by atoms with Gasteiger partial charge in [-0.05, 0) is 32.4 Å². The van der Waals surface area contributed by atoms with Gasteiger partial charge in [-0.25, -0.2) is 0 Å². The summed E-state index contributed by atoms with van der Waals surface area (Å²) in [6.45, 7) is 7.22. The Hall–Kier alpha value is -0.0400. The van der Waals surface area contributed by atoms with Crippen LogP contribution < -0.4 is 0 Å². The highest BCUT2D eigenvalue weighted by molar-refractivity contribution is 4.75. The molecule has 0 bridgehead atoms. The molecule has 0 amide bonds. The molecule has 1 unspecified atom stereocenters. The van der Waals surface area contributed by atoms with Gasteiger partial charge in [-0.2, -0.15) is 0 Å². The molecular weight excluding hydrogens is 170 g/mol. The molecule has 0 aliphatic carbocycles. The van der Waals surface area contributed by atoms with Crippen LogP contribution in [0.25, 0.3) is 0 Å². The zero-order chi connectivity index (χ0) is 10.2. The number of piperidine rings is 1. The van der Waals surface area contributed by atoms with Crippen LogP contribution in [-0.2, 0) is 0 Å². The number of rotatable bonds is 6. The summed E-state index contributed by atoms with van der Waals surface area (Å²) in [5, 5.41) is 0. The van der Waals surface area contributed by atoms with Crippen LogP contribution in [0.1, 0.15) is 65.2 Å². The molecule has 1 rings (SSSR count). The van der Waals surface area contributed by atoms with Crippen LogP contribution in [0.15, 0.2) is 0 Å². The van der Waals surface area contributed by atoms with E-state index in [0.717, 1.165) is 6.04 Å². The average molecular weight is 197 g/mol. The fraction of sp³-hybridized carbons (Fsp3) is 1.00. The minimum atomic E-state index is 0.922. The lowest BCUT2D eigenvalue weighted by Gasteiger charge is -2.35. The van der Waals surface area contributed by atoms with Gasteiger partial charge in [0, 0.05) is 6.04 Å². The number of hydrogen-bond acceptors (Lipinski definition) is 1. The van der Waals surface area contributed by atoms with Gasteiger partial charge in [0.05, 0.1) is 0 Å². The van der Waals surface area contributed by atoms with Gasteiger partial charge in [0.25, 0.3) is 0 Å². The smallest absolute Gasteiger partial charge is 0.00951 e.